The Morgan fingerprint density at radius 1 is 1.21 bits per heavy atom. The molecular weight excluding hydrogens is 357 g/mol. The van der Waals surface area contributed by atoms with E-state index < -0.39 is 0 Å². The summed E-state index contributed by atoms with van der Waals surface area (Å²) in [6, 6.07) is 8.70. The summed E-state index contributed by atoms with van der Waals surface area (Å²) in [7, 11) is 0. The zero-order chi connectivity index (χ0) is 19.1. The van der Waals surface area contributed by atoms with Crippen molar-refractivity contribution < 1.29 is 4.39 Å². The molecular formula is C21H16FN5O. The summed E-state index contributed by atoms with van der Waals surface area (Å²) in [5, 5.41) is 4.08. The average molecular weight is 373 g/mol. The van der Waals surface area contributed by atoms with Crippen LogP contribution in [0.25, 0.3) is 16.6 Å². The molecule has 0 amide bonds. The molecule has 1 N–H and O–H groups in total. The van der Waals surface area contributed by atoms with Crippen LogP contribution >= 0.6 is 0 Å². The van der Waals surface area contributed by atoms with Gasteiger partial charge in [-0.05, 0) is 29.3 Å². The van der Waals surface area contributed by atoms with Crippen LogP contribution in [-0.4, -0.2) is 26.8 Å². The molecule has 1 aliphatic heterocycles. The van der Waals surface area contributed by atoms with Gasteiger partial charge in [0.2, 0.25) is 0 Å². The largest absolute Gasteiger partial charge is 0.302 e. The van der Waals surface area contributed by atoms with Crippen LogP contribution in [0.15, 0.2) is 71.0 Å². The van der Waals surface area contributed by atoms with Gasteiger partial charge in [-0.25, -0.2) is 14.4 Å². The Balaban J connectivity index is 1.45. The van der Waals surface area contributed by atoms with Crippen molar-refractivity contribution in [2.45, 2.75) is 12.6 Å². The number of benzene rings is 1. The number of aromatic nitrogens is 3. The van der Waals surface area contributed by atoms with Crippen molar-refractivity contribution in [3.8, 4) is 0 Å². The smallest absolute Gasteiger partial charge is 0.280 e. The minimum atomic E-state index is -0.361. The van der Waals surface area contributed by atoms with E-state index in [4.69, 9.17) is 0 Å². The molecule has 0 saturated heterocycles. The lowest BCUT2D eigenvalue weighted by atomic mass is 9.90. The van der Waals surface area contributed by atoms with Gasteiger partial charge in [0.1, 0.15) is 5.82 Å². The maximum Gasteiger partial charge on any atom is 0.280 e. The van der Waals surface area contributed by atoms with E-state index in [2.05, 4.69) is 26.6 Å². The van der Waals surface area contributed by atoms with E-state index in [1.807, 2.05) is 24.4 Å². The standard InChI is InChI=1S/C21H16FN5O/c22-17-9-14(13-5-6-18-16(8-13)10-25-26-18)3-4-15(17)11-27-12-24-19-2-1-7-23-20(19)21(27)28/h1-10,12,16,18,26H,11H2. The number of allylic oxidation sites excluding steroid dienone is 2. The molecule has 0 bridgehead atoms. The first kappa shape index (κ1) is 16.6. The summed E-state index contributed by atoms with van der Waals surface area (Å²) in [5.41, 5.74) is 5.71. The van der Waals surface area contributed by atoms with Crippen LogP contribution in [-0.2, 0) is 6.54 Å². The lowest BCUT2D eigenvalue weighted by Crippen LogP contribution is -2.25. The maximum absolute atomic E-state index is 14.8. The third-order valence-corrected chi connectivity index (χ3v) is 5.05. The Hall–Kier alpha value is -3.61. The second-order valence-electron chi connectivity index (χ2n) is 6.85. The van der Waals surface area contributed by atoms with Crippen molar-refractivity contribution in [3.63, 3.8) is 0 Å². The van der Waals surface area contributed by atoms with Gasteiger partial charge < -0.3 is 5.43 Å². The van der Waals surface area contributed by atoms with Crippen molar-refractivity contribution >= 4 is 22.8 Å². The molecule has 138 valence electrons. The number of fused-ring (bicyclic) bond motifs is 2. The summed E-state index contributed by atoms with van der Waals surface area (Å²) >= 11 is 0. The molecule has 0 fully saturated rings. The molecule has 6 nitrogen and oxygen atoms in total. The van der Waals surface area contributed by atoms with Crippen LogP contribution in [0.1, 0.15) is 11.1 Å². The normalized spacial score (nSPS) is 20.1. The second kappa shape index (κ2) is 6.53. The third kappa shape index (κ3) is 2.81. The SMILES string of the molecule is O=c1c2ncccc2ncn1Cc1ccc(C2=CC3C=NNC3C=C2)cc1F. The highest BCUT2D eigenvalue weighted by Gasteiger charge is 2.23. The lowest BCUT2D eigenvalue weighted by molar-refractivity contribution is 0.594. The van der Waals surface area contributed by atoms with E-state index in [-0.39, 0.29) is 35.4 Å². The van der Waals surface area contributed by atoms with Gasteiger partial charge in [0, 0.05) is 23.9 Å². The van der Waals surface area contributed by atoms with E-state index in [9.17, 15) is 9.18 Å². The van der Waals surface area contributed by atoms with Gasteiger partial charge in [-0.15, -0.1) is 0 Å². The average Bonchev–Trinajstić information content (AvgIpc) is 3.19. The van der Waals surface area contributed by atoms with Crippen molar-refractivity contribution in [1.82, 2.24) is 20.0 Å². The molecule has 0 radical (unpaired) electrons. The van der Waals surface area contributed by atoms with Crippen LogP contribution in [0.3, 0.4) is 0 Å². The summed E-state index contributed by atoms with van der Waals surface area (Å²) in [5.74, 6) is -0.183. The van der Waals surface area contributed by atoms with E-state index in [0.29, 0.717) is 11.1 Å². The Labute approximate surface area is 159 Å². The fourth-order valence-corrected chi connectivity index (χ4v) is 3.51. The first-order valence-electron chi connectivity index (χ1n) is 8.97. The molecule has 2 aromatic heterocycles. The van der Waals surface area contributed by atoms with Gasteiger partial charge in [-0.3, -0.25) is 9.36 Å². The predicted octanol–water partition coefficient (Wildman–Crippen LogP) is 2.51. The summed E-state index contributed by atoms with van der Waals surface area (Å²) in [4.78, 5) is 20.9. The summed E-state index contributed by atoms with van der Waals surface area (Å²) in [6.07, 6.45) is 10.9. The molecule has 28 heavy (non-hydrogen) atoms. The zero-order valence-corrected chi connectivity index (χ0v) is 14.8. The maximum atomic E-state index is 14.8. The minimum Gasteiger partial charge on any atom is -0.302 e. The lowest BCUT2D eigenvalue weighted by Gasteiger charge is -2.18. The number of pyridine rings is 1. The van der Waals surface area contributed by atoms with E-state index in [0.717, 1.165) is 11.1 Å². The second-order valence-corrected chi connectivity index (χ2v) is 6.85. The van der Waals surface area contributed by atoms with Crippen LogP contribution in [0.4, 0.5) is 4.39 Å². The molecule has 1 aliphatic carbocycles. The van der Waals surface area contributed by atoms with Gasteiger partial charge in [0.05, 0.1) is 24.4 Å². The Kier molecular flexibility index (Phi) is 3.86. The molecule has 0 spiro atoms. The van der Waals surface area contributed by atoms with Crippen LogP contribution in [0, 0.1) is 11.7 Å². The molecule has 2 atom stereocenters. The molecule has 2 aliphatic rings. The number of hydrazone groups is 1. The topological polar surface area (TPSA) is 72.2 Å². The number of hydrogen-bond acceptors (Lipinski definition) is 5. The van der Waals surface area contributed by atoms with E-state index in [1.54, 1.807) is 24.4 Å². The number of hydrogen-bond donors (Lipinski definition) is 1. The Morgan fingerprint density at radius 2 is 2.14 bits per heavy atom. The molecule has 3 aromatic rings. The molecule has 1 aromatic carbocycles. The molecule has 5 rings (SSSR count). The molecule has 2 unspecified atom stereocenters. The monoisotopic (exact) mass is 373 g/mol. The number of rotatable bonds is 3. The Bertz CT molecular complexity index is 1230. The van der Waals surface area contributed by atoms with E-state index >= 15 is 0 Å². The first-order valence-corrected chi connectivity index (χ1v) is 8.97. The summed E-state index contributed by atoms with van der Waals surface area (Å²) < 4.78 is 16.1. The van der Waals surface area contributed by atoms with Gasteiger partial charge in [-0.1, -0.05) is 30.4 Å². The highest BCUT2D eigenvalue weighted by Crippen LogP contribution is 2.27. The predicted molar refractivity (Wildman–Crippen MR) is 105 cm³/mol. The highest BCUT2D eigenvalue weighted by atomic mass is 19.1. The molecule has 3 heterocycles. The van der Waals surface area contributed by atoms with Gasteiger partial charge in [0.15, 0.2) is 5.52 Å². The van der Waals surface area contributed by atoms with Crippen molar-refractivity contribution in [3.05, 3.63) is 88.4 Å². The van der Waals surface area contributed by atoms with Crippen molar-refractivity contribution in [2.24, 2.45) is 11.0 Å². The first-order chi connectivity index (χ1) is 13.7. The van der Waals surface area contributed by atoms with Gasteiger partial charge in [-0.2, -0.15) is 5.10 Å². The van der Waals surface area contributed by atoms with Crippen LogP contribution < -0.4 is 11.0 Å². The Morgan fingerprint density at radius 3 is 3.04 bits per heavy atom. The number of nitrogens with zero attached hydrogens (tertiary/aromatic N) is 4. The summed E-state index contributed by atoms with van der Waals surface area (Å²) in [6.45, 7) is 0.0978. The van der Waals surface area contributed by atoms with Gasteiger partial charge >= 0.3 is 0 Å². The number of halogens is 1. The van der Waals surface area contributed by atoms with Crippen molar-refractivity contribution in [2.75, 3.05) is 0 Å². The fraction of sp³-hybridized carbons (Fsp3) is 0.143. The fourth-order valence-electron chi connectivity index (χ4n) is 3.51. The quantitative estimate of drug-likeness (QED) is 0.766. The van der Waals surface area contributed by atoms with E-state index in [1.165, 1.54) is 17.0 Å². The van der Waals surface area contributed by atoms with Crippen LogP contribution in [0.2, 0.25) is 0 Å². The number of nitrogens with one attached hydrogen (secondary N) is 1. The minimum absolute atomic E-state index is 0.0978. The zero-order valence-electron chi connectivity index (χ0n) is 14.8. The highest BCUT2D eigenvalue weighted by molar-refractivity contribution is 5.81. The third-order valence-electron chi connectivity index (χ3n) is 5.05. The molecule has 0 saturated carbocycles. The van der Waals surface area contributed by atoms with Crippen molar-refractivity contribution in [1.29, 1.82) is 0 Å². The van der Waals surface area contributed by atoms with Gasteiger partial charge in [0.25, 0.3) is 5.56 Å². The van der Waals surface area contributed by atoms with Crippen LogP contribution in [0.5, 0.6) is 0 Å². The molecule has 7 heteroatoms.